The van der Waals surface area contributed by atoms with E-state index in [1.54, 1.807) is 25.1 Å². The zero-order valence-electron chi connectivity index (χ0n) is 16.7. The van der Waals surface area contributed by atoms with Gasteiger partial charge in [0.15, 0.2) is 8.03 Å². The molecule has 5 nitrogen and oxygen atoms in total. The Morgan fingerprint density at radius 3 is 2.59 bits per heavy atom. The van der Waals surface area contributed by atoms with Crippen molar-refractivity contribution in [3.8, 4) is 11.1 Å². The standard InChI is InChI=1S/C22H26FO5P/c1-14-9-15(2)19(20(10-14)17-6-7-21(23)16(3)11-17)5-4-8-28-29(27)13-18(24)12-22(25)26/h4-7,9-11,18,24,29H,8,12-13H2,1-3H3,(H,25,26)/b5-4+. The van der Waals surface area contributed by atoms with Crippen LogP contribution in [0.4, 0.5) is 4.39 Å². The Labute approximate surface area is 170 Å². The minimum atomic E-state index is -2.53. The molecule has 0 radical (unpaired) electrons. The van der Waals surface area contributed by atoms with Crippen LogP contribution >= 0.6 is 8.03 Å². The van der Waals surface area contributed by atoms with Crippen LogP contribution in [0.5, 0.6) is 0 Å². The van der Waals surface area contributed by atoms with E-state index in [1.807, 2.05) is 32.1 Å². The Hall–Kier alpha value is -2.27. The molecule has 156 valence electrons. The first-order valence-corrected chi connectivity index (χ1v) is 10.8. The van der Waals surface area contributed by atoms with Gasteiger partial charge in [-0.2, -0.15) is 0 Å². The van der Waals surface area contributed by atoms with Gasteiger partial charge in [-0.1, -0.05) is 35.9 Å². The Bertz CT molecular complexity index is 939. The molecule has 2 atom stereocenters. The number of carboxylic acids is 1. The fraction of sp³-hybridized carbons (Fsp3) is 0.318. The maximum atomic E-state index is 13.7. The third-order valence-electron chi connectivity index (χ3n) is 4.44. The molecule has 29 heavy (non-hydrogen) atoms. The van der Waals surface area contributed by atoms with Gasteiger partial charge in [0, 0.05) is 6.16 Å². The lowest BCUT2D eigenvalue weighted by Crippen LogP contribution is -2.15. The number of hydrogen-bond donors (Lipinski definition) is 2. The van der Waals surface area contributed by atoms with Gasteiger partial charge in [-0.05, 0) is 60.7 Å². The summed E-state index contributed by atoms with van der Waals surface area (Å²) in [4.78, 5) is 10.5. The smallest absolute Gasteiger partial charge is 0.305 e. The van der Waals surface area contributed by atoms with Crippen molar-refractivity contribution in [2.75, 3.05) is 12.8 Å². The van der Waals surface area contributed by atoms with Crippen LogP contribution in [-0.2, 0) is 13.9 Å². The molecule has 0 amide bonds. The summed E-state index contributed by atoms with van der Waals surface area (Å²) in [7, 11) is -2.53. The summed E-state index contributed by atoms with van der Waals surface area (Å²) >= 11 is 0. The third-order valence-corrected chi connectivity index (χ3v) is 5.73. The van der Waals surface area contributed by atoms with Gasteiger partial charge < -0.3 is 14.7 Å². The molecule has 0 aromatic heterocycles. The van der Waals surface area contributed by atoms with Crippen LogP contribution in [0.1, 0.15) is 28.7 Å². The molecule has 0 fully saturated rings. The topological polar surface area (TPSA) is 83.8 Å². The van der Waals surface area contributed by atoms with Crippen LogP contribution < -0.4 is 0 Å². The van der Waals surface area contributed by atoms with Crippen LogP contribution in [0.15, 0.2) is 36.4 Å². The van der Waals surface area contributed by atoms with E-state index in [0.29, 0.717) is 5.56 Å². The molecule has 2 unspecified atom stereocenters. The Morgan fingerprint density at radius 1 is 1.21 bits per heavy atom. The molecule has 7 heteroatoms. The Balaban J connectivity index is 2.13. The summed E-state index contributed by atoms with van der Waals surface area (Å²) in [6.07, 6.45) is 1.76. The quantitative estimate of drug-likeness (QED) is 0.572. The van der Waals surface area contributed by atoms with Gasteiger partial charge in [-0.25, -0.2) is 4.39 Å². The number of halogens is 1. The highest BCUT2D eigenvalue weighted by molar-refractivity contribution is 7.39. The van der Waals surface area contributed by atoms with Gasteiger partial charge in [0.1, 0.15) is 5.82 Å². The van der Waals surface area contributed by atoms with Crippen LogP contribution in [0, 0.1) is 26.6 Å². The number of carboxylic acid groups (broad SMARTS) is 1. The first-order chi connectivity index (χ1) is 13.7. The lowest BCUT2D eigenvalue weighted by Gasteiger charge is -2.13. The molecule has 0 bridgehead atoms. The molecule has 2 N–H and O–H groups in total. The van der Waals surface area contributed by atoms with E-state index in [1.165, 1.54) is 6.07 Å². The lowest BCUT2D eigenvalue weighted by molar-refractivity contribution is -0.138. The molecule has 0 saturated heterocycles. The van der Waals surface area contributed by atoms with Gasteiger partial charge in [-0.3, -0.25) is 9.36 Å². The van der Waals surface area contributed by atoms with Gasteiger partial charge in [0.05, 0.1) is 19.1 Å². The number of benzene rings is 2. The van der Waals surface area contributed by atoms with Gasteiger partial charge >= 0.3 is 5.97 Å². The number of aliphatic hydroxyl groups excluding tert-OH is 1. The summed E-state index contributed by atoms with van der Waals surface area (Å²) in [5.41, 5.74) is 5.52. The van der Waals surface area contributed by atoms with E-state index in [-0.39, 0.29) is 18.6 Å². The monoisotopic (exact) mass is 420 g/mol. The first kappa shape index (κ1) is 23.0. The summed E-state index contributed by atoms with van der Waals surface area (Å²) < 4.78 is 30.7. The van der Waals surface area contributed by atoms with Crippen molar-refractivity contribution >= 4 is 20.1 Å². The SMILES string of the molecule is Cc1cc(C)c(/C=C/CO[PH](=O)CC(O)CC(=O)O)c(-c2ccc(F)c(C)c2)c1. The van der Waals surface area contributed by atoms with Gasteiger partial charge in [0.2, 0.25) is 0 Å². The number of aliphatic carboxylic acids is 1. The summed E-state index contributed by atoms with van der Waals surface area (Å²) in [6, 6.07) is 9.08. The molecular formula is C22H26FO5P. The second kappa shape index (κ2) is 10.5. The molecule has 0 spiro atoms. The second-order valence-electron chi connectivity index (χ2n) is 7.05. The molecule has 2 aromatic carbocycles. The van der Waals surface area contributed by atoms with Crippen LogP contribution in [-0.4, -0.2) is 35.1 Å². The first-order valence-electron chi connectivity index (χ1n) is 9.27. The average Bonchev–Trinajstić information content (AvgIpc) is 2.61. The van der Waals surface area contributed by atoms with Gasteiger partial charge in [0.25, 0.3) is 0 Å². The number of aliphatic hydroxyl groups is 1. The summed E-state index contributed by atoms with van der Waals surface area (Å²) in [5.74, 6) is -1.40. The average molecular weight is 420 g/mol. The van der Waals surface area contributed by atoms with Crippen LogP contribution in [0.3, 0.4) is 0 Å². The Morgan fingerprint density at radius 2 is 1.93 bits per heavy atom. The maximum Gasteiger partial charge on any atom is 0.305 e. The minimum absolute atomic E-state index is 0.0762. The fourth-order valence-corrected chi connectivity index (χ4v) is 4.01. The number of hydrogen-bond acceptors (Lipinski definition) is 4. The third kappa shape index (κ3) is 6.93. The van der Waals surface area contributed by atoms with Crippen molar-refractivity contribution in [2.45, 2.75) is 33.3 Å². The largest absolute Gasteiger partial charge is 0.481 e. The number of carbonyl (C=O) groups is 1. The summed E-state index contributed by atoms with van der Waals surface area (Å²) in [6.45, 7) is 5.78. The highest BCUT2D eigenvalue weighted by atomic mass is 31.1. The zero-order valence-corrected chi connectivity index (χ0v) is 17.7. The maximum absolute atomic E-state index is 13.7. The molecule has 0 aliphatic heterocycles. The van der Waals surface area contributed by atoms with Crippen LogP contribution in [0.25, 0.3) is 17.2 Å². The van der Waals surface area contributed by atoms with Crippen molar-refractivity contribution in [2.24, 2.45) is 0 Å². The molecular weight excluding hydrogens is 394 g/mol. The van der Waals surface area contributed by atoms with E-state index < -0.39 is 26.5 Å². The van der Waals surface area contributed by atoms with E-state index in [0.717, 1.165) is 27.8 Å². The highest BCUT2D eigenvalue weighted by Gasteiger charge is 2.13. The fourth-order valence-electron chi connectivity index (χ4n) is 3.08. The number of rotatable bonds is 9. The van der Waals surface area contributed by atoms with E-state index in [2.05, 4.69) is 0 Å². The van der Waals surface area contributed by atoms with E-state index >= 15 is 0 Å². The van der Waals surface area contributed by atoms with Crippen molar-refractivity contribution in [1.82, 2.24) is 0 Å². The predicted molar refractivity (Wildman–Crippen MR) is 113 cm³/mol. The van der Waals surface area contributed by atoms with E-state index in [9.17, 15) is 18.9 Å². The highest BCUT2D eigenvalue weighted by Crippen LogP contribution is 2.30. The van der Waals surface area contributed by atoms with Crippen LogP contribution in [0.2, 0.25) is 0 Å². The van der Waals surface area contributed by atoms with Crippen molar-refractivity contribution < 1.29 is 28.5 Å². The molecule has 0 aliphatic rings. The van der Waals surface area contributed by atoms with Crippen molar-refractivity contribution in [1.29, 1.82) is 0 Å². The zero-order chi connectivity index (χ0) is 21.6. The molecule has 0 saturated carbocycles. The molecule has 0 heterocycles. The molecule has 0 aliphatic carbocycles. The van der Waals surface area contributed by atoms with E-state index in [4.69, 9.17) is 9.63 Å². The minimum Gasteiger partial charge on any atom is -0.481 e. The number of aryl methyl sites for hydroxylation is 3. The predicted octanol–water partition coefficient (Wildman–Crippen LogP) is 4.76. The Kier molecular flexibility index (Phi) is 8.32. The molecule has 2 aromatic rings. The van der Waals surface area contributed by atoms with Crippen molar-refractivity contribution in [3.05, 3.63) is 64.5 Å². The van der Waals surface area contributed by atoms with Crippen molar-refractivity contribution in [3.63, 3.8) is 0 Å². The normalized spacial score (nSPS) is 13.6. The summed E-state index contributed by atoms with van der Waals surface area (Å²) in [5, 5.41) is 18.1. The van der Waals surface area contributed by atoms with Gasteiger partial charge in [-0.15, -0.1) is 0 Å². The second-order valence-corrected chi connectivity index (χ2v) is 8.49. The lowest BCUT2D eigenvalue weighted by atomic mass is 9.92. The molecule has 2 rings (SSSR count).